The van der Waals surface area contributed by atoms with E-state index < -0.39 is 11.5 Å². The fraction of sp³-hybridized carbons (Fsp3) is 0.474. The van der Waals surface area contributed by atoms with Crippen molar-refractivity contribution in [1.29, 1.82) is 0 Å². The monoisotopic (exact) mass is 424 g/mol. The Morgan fingerprint density at radius 3 is 2.66 bits per heavy atom. The highest BCUT2D eigenvalue weighted by Crippen LogP contribution is 2.34. The zero-order valence-electron chi connectivity index (χ0n) is 15.9. The number of aromatic nitrogens is 3. The van der Waals surface area contributed by atoms with Crippen LogP contribution in [0.15, 0.2) is 30.3 Å². The van der Waals surface area contributed by atoms with Crippen molar-refractivity contribution in [1.82, 2.24) is 20.1 Å². The Morgan fingerprint density at radius 2 is 2.07 bits per heavy atom. The van der Waals surface area contributed by atoms with E-state index in [1.165, 1.54) is 0 Å². The number of H-pyrrole nitrogens is 1. The number of rotatable bonds is 6. The minimum Gasteiger partial charge on any atom is -0.483 e. The van der Waals surface area contributed by atoms with E-state index in [2.05, 4.69) is 15.2 Å². The van der Waals surface area contributed by atoms with Gasteiger partial charge >= 0.3 is 0 Å². The first kappa shape index (κ1) is 22.8. The van der Waals surface area contributed by atoms with Crippen LogP contribution >= 0.6 is 11.6 Å². The van der Waals surface area contributed by atoms with Gasteiger partial charge in [-0.25, -0.2) is 4.98 Å². The molecule has 2 atom stereocenters. The molecule has 158 valence electrons. The van der Waals surface area contributed by atoms with Crippen LogP contribution in [0.1, 0.15) is 24.2 Å². The maximum Gasteiger partial charge on any atom is 0.290 e. The number of nitrogens with zero attached hydrogens (tertiary/aromatic N) is 3. The van der Waals surface area contributed by atoms with Gasteiger partial charge in [-0.1, -0.05) is 30.3 Å². The van der Waals surface area contributed by atoms with E-state index >= 15 is 0 Å². The van der Waals surface area contributed by atoms with Gasteiger partial charge in [-0.15, -0.1) is 5.10 Å². The lowest BCUT2D eigenvalue weighted by Gasteiger charge is -2.45. The molecule has 0 unspecified atom stereocenters. The predicted molar refractivity (Wildman–Crippen MR) is 105 cm³/mol. The van der Waals surface area contributed by atoms with Crippen LogP contribution in [0.5, 0.6) is 0 Å². The molecule has 1 aliphatic heterocycles. The van der Waals surface area contributed by atoms with Crippen molar-refractivity contribution in [2.24, 2.45) is 5.41 Å². The summed E-state index contributed by atoms with van der Waals surface area (Å²) in [6.45, 7) is 0.383. The number of carbonyl (C=O) groups is 2. The highest BCUT2D eigenvalue weighted by Gasteiger charge is 2.43. The van der Waals surface area contributed by atoms with Gasteiger partial charge in [0.2, 0.25) is 11.2 Å². The SMILES string of the molecule is O=C(CCc1nc(Cl)n[nH]1)N1CC[C@@H](O)[C@@](CO)(Cc2ccccc2)C1.O=CO. The highest BCUT2D eigenvalue weighted by molar-refractivity contribution is 6.28. The molecule has 1 amide bonds. The second-order valence-corrected chi connectivity index (χ2v) is 7.30. The van der Waals surface area contributed by atoms with Gasteiger partial charge in [-0.2, -0.15) is 0 Å². The lowest BCUT2D eigenvalue weighted by molar-refractivity contribution is -0.141. The Labute approximate surface area is 173 Å². The summed E-state index contributed by atoms with van der Waals surface area (Å²) in [4.78, 5) is 26.7. The van der Waals surface area contributed by atoms with Crippen molar-refractivity contribution < 1.29 is 24.9 Å². The van der Waals surface area contributed by atoms with Crippen LogP contribution in [-0.2, 0) is 22.4 Å². The molecule has 10 heteroatoms. The number of hydrogen-bond acceptors (Lipinski definition) is 6. The molecule has 1 saturated heterocycles. The zero-order chi connectivity index (χ0) is 21.3. The van der Waals surface area contributed by atoms with Gasteiger partial charge in [0, 0.05) is 31.3 Å². The number of carboxylic acid groups (broad SMARTS) is 1. The van der Waals surface area contributed by atoms with Crippen LogP contribution in [0.3, 0.4) is 0 Å². The number of amides is 1. The van der Waals surface area contributed by atoms with Crippen LogP contribution < -0.4 is 0 Å². The third-order valence-corrected chi connectivity index (χ3v) is 5.20. The molecule has 0 bridgehead atoms. The summed E-state index contributed by atoms with van der Waals surface area (Å²) in [6.07, 6.45) is 1.02. The van der Waals surface area contributed by atoms with E-state index in [1.807, 2.05) is 30.3 Å². The summed E-state index contributed by atoms with van der Waals surface area (Å²) < 4.78 is 0. The lowest BCUT2D eigenvalue weighted by Crippen LogP contribution is -2.56. The van der Waals surface area contributed by atoms with Crippen molar-refractivity contribution in [2.45, 2.75) is 31.8 Å². The molecule has 29 heavy (non-hydrogen) atoms. The van der Waals surface area contributed by atoms with Crippen LogP contribution in [0.2, 0.25) is 5.28 Å². The smallest absolute Gasteiger partial charge is 0.290 e. The third-order valence-electron chi connectivity index (χ3n) is 5.03. The molecule has 0 saturated carbocycles. The number of aryl methyl sites for hydroxylation is 1. The van der Waals surface area contributed by atoms with E-state index in [-0.39, 0.29) is 30.7 Å². The Hall–Kier alpha value is -2.49. The predicted octanol–water partition coefficient (Wildman–Crippen LogP) is 0.906. The first-order valence-electron chi connectivity index (χ1n) is 9.19. The first-order chi connectivity index (χ1) is 13.9. The summed E-state index contributed by atoms with van der Waals surface area (Å²) >= 11 is 5.67. The summed E-state index contributed by atoms with van der Waals surface area (Å²) in [5.74, 6) is 0.536. The summed E-state index contributed by atoms with van der Waals surface area (Å²) in [6, 6.07) is 9.73. The highest BCUT2D eigenvalue weighted by atomic mass is 35.5. The number of likely N-dealkylation sites (tertiary alicyclic amines) is 1. The minimum absolute atomic E-state index is 0.0321. The topological polar surface area (TPSA) is 140 Å². The summed E-state index contributed by atoms with van der Waals surface area (Å²) in [7, 11) is 0. The molecule has 0 radical (unpaired) electrons. The van der Waals surface area contributed by atoms with Crippen molar-refractivity contribution in [3.8, 4) is 0 Å². The minimum atomic E-state index is -0.745. The number of aliphatic hydroxyl groups excluding tert-OH is 2. The van der Waals surface area contributed by atoms with Crippen LogP contribution in [0.4, 0.5) is 0 Å². The molecule has 1 aromatic carbocycles. The van der Waals surface area contributed by atoms with Gasteiger partial charge in [0.05, 0.1) is 12.7 Å². The number of hydrogen-bond donors (Lipinski definition) is 4. The van der Waals surface area contributed by atoms with E-state index in [0.29, 0.717) is 38.2 Å². The molecule has 4 N–H and O–H groups in total. The van der Waals surface area contributed by atoms with Crippen LogP contribution in [0.25, 0.3) is 0 Å². The molecular formula is C19H25ClN4O5. The van der Waals surface area contributed by atoms with Gasteiger partial charge in [-0.05, 0) is 30.0 Å². The van der Waals surface area contributed by atoms with Crippen molar-refractivity contribution in [2.75, 3.05) is 19.7 Å². The van der Waals surface area contributed by atoms with Crippen molar-refractivity contribution in [3.63, 3.8) is 0 Å². The first-order valence-corrected chi connectivity index (χ1v) is 9.57. The average molecular weight is 425 g/mol. The average Bonchev–Trinajstić information content (AvgIpc) is 3.14. The molecule has 1 fully saturated rings. The van der Waals surface area contributed by atoms with Crippen molar-refractivity contribution >= 4 is 24.0 Å². The molecule has 2 heterocycles. The normalized spacial score (nSPS) is 21.2. The third kappa shape index (κ3) is 6.25. The Morgan fingerprint density at radius 1 is 1.38 bits per heavy atom. The van der Waals surface area contributed by atoms with Gasteiger partial charge in [0.1, 0.15) is 5.82 Å². The quantitative estimate of drug-likeness (QED) is 0.505. The van der Waals surface area contributed by atoms with Gasteiger partial charge in [0.25, 0.3) is 6.47 Å². The standard InChI is InChI=1S/C18H23ClN4O3.CH2O2/c19-17-20-15(21-22-17)6-7-16(26)23-9-8-14(25)18(11-23,12-24)10-13-4-2-1-3-5-13;2-1-3/h1-5,14,24-25H,6-12H2,(H,20,21,22);1H,(H,2,3)/t14-,18+;/m1./s1. The summed E-state index contributed by atoms with van der Waals surface area (Å²) in [5, 5.41) is 34.1. The van der Waals surface area contributed by atoms with E-state index in [0.717, 1.165) is 5.56 Å². The molecule has 0 spiro atoms. The molecule has 2 aromatic rings. The Kier molecular flexibility index (Phi) is 8.56. The second-order valence-electron chi connectivity index (χ2n) is 6.96. The number of aromatic amines is 1. The molecule has 1 aliphatic rings. The fourth-order valence-corrected chi connectivity index (χ4v) is 3.66. The van der Waals surface area contributed by atoms with E-state index in [9.17, 15) is 15.0 Å². The van der Waals surface area contributed by atoms with E-state index in [4.69, 9.17) is 21.5 Å². The largest absolute Gasteiger partial charge is 0.483 e. The lowest BCUT2D eigenvalue weighted by atomic mass is 9.73. The van der Waals surface area contributed by atoms with Gasteiger partial charge in [0.15, 0.2) is 0 Å². The van der Waals surface area contributed by atoms with Gasteiger partial charge < -0.3 is 20.2 Å². The number of piperidine rings is 1. The molecule has 9 nitrogen and oxygen atoms in total. The summed E-state index contributed by atoms with van der Waals surface area (Å²) in [5.41, 5.74) is 0.288. The number of carbonyl (C=O) groups excluding carboxylic acids is 1. The number of benzene rings is 1. The second kappa shape index (κ2) is 10.9. The van der Waals surface area contributed by atoms with E-state index in [1.54, 1.807) is 4.90 Å². The number of halogens is 1. The number of nitrogens with one attached hydrogen (secondary N) is 1. The maximum absolute atomic E-state index is 12.6. The molecular weight excluding hydrogens is 400 g/mol. The zero-order valence-corrected chi connectivity index (χ0v) is 16.6. The maximum atomic E-state index is 12.6. The van der Waals surface area contributed by atoms with Crippen molar-refractivity contribution in [3.05, 3.63) is 47.0 Å². The van der Waals surface area contributed by atoms with Crippen LogP contribution in [0, 0.1) is 5.41 Å². The fourth-order valence-electron chi connectivity index (χ4n) is 3.52. The Balaban J connectivity index is 0.000000941. The number of aliphatic hydroxyl groups is 2. The molecule has 0 aliphatic carbocycles. The molecule has 3 rings (SSSR count). The van der Waals surface area contributed by atoms with Gasteiger partial charge in [-0.3, -0.25) is 14.7 Å². The Bertz CT molecular complexity index is 788. The van der Waals surface area contributed by atoms with Crippen LogP contribution in [-0.4, -0.2) is 73.6 Å². The molecule has 1 aromatic heterocycles.